The number of aliphatic hydroxyl groups is 1. The van der Waals surface area contributed by atoms with E-state index in [9.17, 15) is 24.3 Å². The maximum absolute atomic E-state index is 13.6. The highest BCUT2D eigenvalue weighted by Gasteiger charge is 2.42. The molecular weight excluding hydrogens is 526 g/mol. The fourth-order valence-corrected chi connectivity index (χ4v) is 5.27. The fourth-order valence-electron chi connectivity index (χ4n) is 5.27. The zero-order valence-electron chi connectivity index (χ0n) is 25.7. The van der Waals surface area contributed by atoms with Crippen LogP contribution in [0.15, 0.2) is 30.3 Å². The summed E-state index contributed by atoms with van der Waals surface area (Å²) in [7, 11) is 1.26. The average molecular weight is 576 g/mol. The Balaban J connectivity index is 2.21. The lowest BCUT2D eigenvalue weighted by atomic mass is 9.84. The van der Waals surface area contributed by atoms with Crippen molar-refractivity contribution in [2.75, 3.05) is 7.11 Å². The van der Waals surface area contributed by atoms with Crippen LogP contribution in [0.3, 0.4) is 0 Å². The van der Waals surface area contributed by atoms with Gasteiger partial charge in [-0.05, 0) is 63.4 Å². The van der Waals surface area contributed by atoms with Crippen LogP contribution >= 0.6 is 0 Å². The second kappa shape index (κ2) is 15.2. The topological polar surface area (TPSA) is 143 Å². The largest absolute Gasteiger partial charge is 0.467 e. The van der Waals surface area contributed by atoms with Gasteiger partial charge in [0.05, 0.1) is 19.3 Å². The third-order valence-corrected chi connectivity index (χ3v) is 7.42. The van der Waals surface area contributed by atoms with Crippen LogP contribution in [0.25, 0.3) is 0 Å². The van der Waals surface area contributed by atoms with Crippen LogP contribution in [-0.2, 0) is 30.3 Å². The molecule has 0 bridgehead atoms. The first-order chi connectivity index (χ1) is 19.1. The molecule has 4 N–H and O–H groups in total. The molecule has 1 aromatic rings. The Bertz CT molecular complexity index is 1020. The molecule has 1 fully saturated rings. The van der Waals surface area contributed by atoms with E-state index in [4.69, 9.17) is 9.47 Å². The number of amides is 3. The lowest BCUT2D eigenvalue weighted by molar-refractivity contribution is -0.147. The molecule has 10 nitrogen and oxygen atoms in total. The van der Waals surface area contributed by atoms with Crippen LogP contribution in [0.5, 0.6) is 0 Å². The number of benzene rings is 1. The summed E-state index contributed by atoms with van der Waals surface area (Å²) in [5, 5.41) is 20.0. The Hall–Kier alpha value is -3.14. The van der Waals surface area contributed by atoms with Gasteiger partial charge in [0.1, 0.15) is 17.7 Å². The Morgan fingerprint density at radius 1 is 0.927 bits per heavy atom. The van der Waals surface area contributed by atoms with Crippen LogP contribution in [0, 0.1) is 23.7 Å². The van der Waals surface area contributed by atoms with E-state index < -0.39 is 59.6 Å². The van der Waals surface area contributed by atoms with E-state index in [1.165, 1.54) is 7.11 Å². The van der Waals surface area contributed by atoms with Crippen molar-refractivity contribution >= 4 is 23.9 Å². The minimum absolute atomic E-state index is 0.205. The molecule has 1 aliphatic carbocycles. The molecule has 1 aromatic carbocycles. The van der Waals surface area contributed by atoms with E-state index in [1.807, 2.05) is 44.2 Å². The number of ether oxygens (including phenoxy) is 2. The van der Waals surface area contributed by atoms with Gasteiger partial charge in [0.25, 0.3) is 0 Å². The first-order valence-electron chi connectivity index (χ1n) is 14.5. The summed E-state index contributed by atoms with van der Waals surface area (Å²) in [5.41, 5.74) is 0.213. The molecule has 0 spiro atoms. The number of aliphatic hydroxyl groups excluding tert-OH is 1. The van der Waals surface area contributed by atoms with Gasteiger partial charge in [-0.3, -0.25) is 9.59 Å². The second-order valence-corrected chi connectivity index (χ2v) is 12.6. The highest BCUT2D eigenvalue weighted by atomic mass is 16.6. The van der Waals surface area contributed by atoms with Gasteiger partial charge in [-0.1, -0.05) is 64.4 Å². The monoisotopic (exact) mass is 575 g/mol. The minimum Gasteiger partial charge on any atom is -0.467 e. The van der Waals surface area contributed by atoms with E-state index in [2.05, 4.69) is 16.0 Å². The number of hydrogen-bond acceptors (Lipinski definition) is 7. The number of carbonyl (C=O) groups is 4. The third-order valence-electron chi connectivity index (χ3n) is 7.42. The summed E-state index contributed by atoms with van der Waals surface area (Å²) in [6.07, 6.45) is 0.543. The van der Waals surface area contributed by atoms with Crippen molar-refractivity contribution in [3.05, 3.63) is 35.9 Å². The van der Waals surface area contributed by atoms with Gasteiger partial charge >= 0.3 is 12.1 Å². The zero-order valence-corrected chi connectivity index (χ0v) is 25.7. The molecule has 230 valence electrons. The molecule has 3 amide bonds. The fraction of sp³-hybridized carbons (Fsp3) is 0.677. The van der Waals surface area contributed by atoms with Gasteiger partial charge < -0.3 is 30.5 Å². The lowest BCUT2D eigenvalue weighted by Gasteiger charge is -2.33. The van der Waals surface area contributed by atoms with E-state index in [0.717, 1.165) is 12.0 Å². The Kier molecular flexibility index (Phi) is 12.6. The van der Waals surface area contributed by atoms with E-state index in [1.54, 1.807) is 34.6 Å². The number of nitrogens with one attached hydrogen (secondary N) is 3. The first-order valence-corrected chi connectivity index (χ1v) is 14.5. The van der Waals surface area contributed by atoms with E-state index >= 15 is 0 Å². The number of rotatable bonds is 12. The summed E-state index contributed by atoms with van der Waals surface area (Å²) < 4.78 is 10.3. The van der Waals surface area contributed by atoms with Crippen molar-refractivity contribution in [1.82, 2.24) is 16.0 Å². The quantitative estimate of drug-likeness (QED) is 0.280. The third kappa shape index (κ3) is 10.3. The molecule has 0 saturated heterocycles. The van der Waals surface area contributed by atoms with Crippen molar-refractivity contribution in [2.24, 2.45) is 23.7 Å². The van der Waals surface area contributed by atoms with Gasteiger partial charge in [-0.25, -0.2) is 9.59 Å². The van der Waals surface area contributed by atoms with E-state index in [-0.39, 0.29) is 17.7 Å². The summed E-state index contributed by atoms with van der Waals surface area (Å²) in [6, 6.07) is 7.08. The van der Waals surface area contributed by atoms with Crippen molar-refractivity contribution in [1.29, 1.82) is 0 Å². The molecule has 10 heteroatoms. The first kappa shape index (κ1) is 34.1. The summed E-state index contributed by atoms with van der Waals surface area (Å²) in [5.74, 6) is -2.82. The predicted molar refractivity (Wildman–Crippen MR) is 156 cm³/mol. The van der Waals surface area contributed by atoms with Crippen LogP contribution in [-0.4, -0.2) is 65.9 Å². The standard InChI is InChI=1S/C31H49N3O7/c1-18(2)24(28(37)34-25(19(3)4)29(38)40-8)33-27(36)22-16-12-15-21(22)26(35)23(17-20-13-10-9-11-14-20)32-30(39)41-31(5,6)7/h9-11,13-14,18-19,21-26,35H,12,15-17H2,1-8H3,(H,32,39)(H,33,36)(H,34,37)/t21?,22-,23?,24-,25?,26?/m1/s1. The summed E-state index contributed by atoms with van der Waals surface area (Å²) >= 11 is 0. The summed E-state index contributed by atoms with van der Waals surface area (Å²) in [4.78, 5) is 51.6. The van der Waals surface area contributed by atoms with Crippen molar-refractivity contribution in [3.63, 3.8) is 0 Å². The van der Waals surface area contributed by atoms with Gasteiger partial charge in [0.15, 0.2) is 0 Å². The molecule has 2 rings (SSSR count). The smallest absolute Gasteiger partial charge is 0.407 e. The van der Waals surface area contributed by atoms with Gasteiger partial charge in [0, 0.05) is 5.92 Å². The number of alkyl carbamates (subject to hydrolysis) is 1. The normalized spacial score (nSPS) is 20.1. The predicted octanol–water partition coefficient (Wildman–Crippen LogP) is 3.35. The van der Waals surface area contributed by atoms with Crippen molar-refractivity contribution < 1.29 is 33.8 Å². The van der Waals surface area contributed by atoms with Gasteiger partial charge in [0.2, 0.25) is 11.8 Å². The second-order valence-electron chi connectivity index (χ2n) is 12.6. The Morgan fingerprint density at radius 3 is 2.07 bits per heavy atom. The SMILES string of the molecule is COC(=O)C(NC(=O)[C@H](NC(=O)[C@@H]1CCCC1C(O)C(Cc1ccccc1)NC(=O)OC(C)(C)C)C(C)C)C(C)C. The van der Waals surface area contributed by atoms with Gasteiger partial charge in [-0.2, -0.15) is 0 Å². The Labute approximate surface area is 244 Å². The molecule has 1 aliphatic rings. The molecule has 6 atom stereocenters. The molecule has 0 aliphatic heterocycles. The van der Waals surface area contributed by atoms with Crippen LogP contribution in [0.1, 0.15) is 73.3 Å². The van der Waals surface area contributed by atoms with E-state index in [0.29, 0.717) is 19.3 Å². The van der Waals surface area contributed by atoms with Crippen LogP contribution in [0.2, 0.25) is 0 Å². The molecule has 1 saturated carbocycles. The van der Waals surface area contributed by atoms with Crippen molar-refractivity contribution in [3.8, 4) is 0 Å². The number of carbonyl (C=O) groups excluding carboxylic acids is 4. The molecule has 0 radical (unpaired) electrons. The van der Waals surface area contributed by atoms with Crippen LogP contribution < -0.4 is 16.0 Å². The van der Waals surface area contributed by atoms with Gasteiger partial charge in [-0.15, -0.1) is 0 Å². The molecule has 0 heterocycles. The maximum atomic E-state index is 13.6. The van der Waals surface area contributed by atoms with Crippen LogP contribution in [0.4, 0.5) is 4.79 Å². The zero-order chi connectivity index (χ0) is 30.9. The molecule has 4 unspecified atom stereocenters. The maximum Gasteiger partial charge on any atom is 0.407 e. The summed E-state index contributed by atoms with van der Waals surface area (Å²) in [6.45, 7) is 12.5. The highest BCUT2D eigenvalue weighted by molar-refractivity contribution is 5.91. The number of methoxy groups -OCH3 is 1. The molecule has 0 aromatic heterocycles. The molecular formula is C31H49N3O7. The number of esters is 1. The highest BCUT2D eigenvalue weighted by Crippen LogP contribution is 2.36. The Morgan fingerprint density at radius 2 is 1.54 bits per heavy atom. The number of hydrogen-bond donors (Lipinski definition) is 4. The minimum atomic E-state index is -1.03. The average Bonchev–Trinajstić information content (AvgIpc) is 3.38. The van der Waals surface area contributed by atoms with Crippen molar-refractivity contribution in [2.45, 2.75) is 104 Å². The molecule has 41 heavy (non-hydrogen) atoms. The lowest BCUT2D eigenvalue weighted by Crippen LogP contribution is -2.57.